The Balaban J connectivity index is 2.25. The van der Waals surface area contributed by atoms with Gasteiger partial charge in [0.2, 0.25) is 11.8 Å². The summed E-state index contributed by atoms with van der Waals surface area (Å²) in [5, 5.41) is 32.4. The number of nitrogens with zero attached hydrogens (tertiary/aromatic N) is 3. The molecule has 8 heteroatoms. The van der Waals surface area contributed by atoms with Crippen LogP contribution in [0.2, 0.25) is 0 Å². The number of hydrogen-bond acceptors (Lipinski definition) is 6. The molecule has 3 heterocycles. The van der Waals surface area contributed by atoms with E-state index in [1.165, 1.54) is 0 Å². The number of carbonyl (C=O) groups is 1. The van der Waals surface area contributed by atoms with E-state index in [1.54, 1.807) is 0 Å². The highest BCUT2D eigenvalue weighted by atomic mass is 16.5. The van der Waals surface area contributed by atoms with Gasteiger partial charge in [0, 0.05) is 18.8 Å². The minimum absolute atomic E-state index is 0.0685. The van der Waals surface area contributed by atoms with Crippen molar-refractivity contribution >= 4 is 11.6 Å². The van der Waals surface area contributed by atoms with Gasteiger partial charge >= 0.3 is 5.97 Å². The maximum Gasteiger partial charge on any atom is 0.356 e. The van der Waals surface area contributed by atoms with Gasteiger partial charge < -0.3 is 20.1 Å². The number of carboxylic acids is 1. The van der Waals surface area contributed by atoms with E-state index in [0.29, 0.717) is 31.6 Å². The summed E-state index contributed by atoms with van der Waals surface area (Å²) in [6.07, 6.45) is 1.31. The van der Waals surface area contributed by atoms with Crippen molar-refractivity contribution in [3.8, 4) is 11.8 Å². The molecule has 0 aromatic carbocycles. The van der Waals surface area contributed by atoms with Gasteiger partial charge in [0.1, 0.15) is 0 Å². The number of aromatic nitrogens is 3. The lowest BCUT2D eigenvalue weighted by Crippen LogP contribution is -2.16. The first-order valence-electron chi connectivity index (χ1n) is 6.20. The van der Waals surface area contributed by atoms with E-state index < -0.39 is 5.97 Å². The molecule has 1 aliphatic rings. The third-order valence-electron chi connectivity index (χ3n) is 3.42. The lowest BCUT2D eigenvalue weighted by molar-refractivity contribution is 0.0679. The Morgan fingerprint density at radius 2 is 2.05 bits per heavy atom. The number of carboxylic acid groups (broad SMARTS) is 1. The van der Waals surface area contributed by atoms with Crippen molar-refractivity contribution in [3.63, 3.8) is 0 Å². The molecular weight excluding hydrogens is 266 g/mol. The van der Waals surface area contributed by atoms with Crippen LogP contribution in [0.15, 0.2) is 6.07 Å². The standard InChI is InChI=1S/C12H13N3O5/c16-7-5-8(17)15-11(13-7)9(10(14-15)12(18)19)6-1-3-20-4-2-6/h5-6,17H,1-4H2,(H,13,16)(H,18,19). The predicted octanol–water partition coefficient (Wildman–Crippen LogP) is 0.733. The van der Waals surface area contributed by atoms with Crippen molar-refractivity contribution in [3.05, 3.63) is 17.3 Å². The Hall–Kier alpha value is -2.35. The first kappa shape index (κ1) is 12.7. The van der Waals surface area contributed by atoms with Crippen LogP contribution in [0.4, 0.5) is 0 Å². The Labute approximate surface area is 113 Å². The van der Waals surface area contributed by atoms with Crippen LogP contribution in [0.1, 0.15) is 34.8 Å². The molecule has 20 heavy (non-hydrogen) atoms. The van der Waals surface area contributed by atoms with Gasteiger partial charge in [-0.3, -0.25) is 0 Å². The van der Waals surface area contributed by atoms with Crippen LogP contribution in [-0.2, 0) is 4.74 Å². The highest BCUT2D eigenvalue weighted by Gasteiger charge is 2.29. The lowest BCUT2D eigenvalue weighted by Gasteiger charge is -2.21. The van der Waals surface area contributed by atoms with E-state index >= 15 is 0 Å². The normalized spacial score (nSPS) is 16.6. The smallest absolute Gasteiger partial charge is 0.356 e. The second-order valence-corrected chi connectivity index (χ2v) is 4.66. The Morgan fingerprint density at radius 3 is 2.70 bits per heavy atom. The molecule has 3 rings (SSSR count). The number of rotatable bonds is 2. The fourth-order valence-corrected chi connectivity index (χ4v) is 2.53. The second kappa shape index (κ2) is 4.64. The van der Waals surface area contributed by atoms with E-state index in [-0.39, 0.29) is 29.0 Å². The van der Waals surface area contributed by atoms with Crippen LogP contribution < -0.4 is 0 Å². The molecule has 2 aromatic heterocycles. The summed E-state index contributed by atoms with van der Waals surface area (Å²) in [5.41, 5.74) is 0.462. The zero-order valence-corrected chi connectivity index (χ0v) is 10.5. The minimum atomic E-state index is -1.18. The molecule has 0 spiro atoms. The quantitative estimate of drug-likeness (QED) is 0.741. The number of aromatic carboxylic acids is 1. The molecule has 0 atom stereocenters. The maximum atomic E-state index is 11.4. The monoisotopic (exact) mass is 279 g/mol. The predicted molar refractivity (Wildman–Crippen MR) is 66.1 cm³/mol. The van der Waals surface area contributed by atoms with Crippen molar-refractivity contribution < 1.29 is 24.9 Å². The van der Waals surface area contributed by atoms with Gasteiger partial charge in [0.05, 0.1) is 6.07 Å². The van der Waals surface area contributed by atoms with Gasteiger partial charge in [-0.05, 0) is 18.8 Å². The van der Waals surface area contributed by atoms with E-state index in [4.69, 9.17) is 4.74 Å². The molecule has 0 bridgehead atoms. The third kappa shape index (κ3) is 1.94. The van der Waals surface area contributed by atoms with Crippen molar-refractivity contribution in [2.24, 2.45) is 0 Å². The van der Waals surface area contributed by atoms with E-state index in [2.05, 4.69) is 10.1 Å². The molecule has 3 N–H and O–H groups in total. The molecule has 0 aliphatic carbocycles. The lowest BCUT2D eigenvalue weighted by atomic mass is 9.91. The Bertz CT molecular complexity index is 675. The topological polar surface area (TPSA) is 117 Å². The summed E-state index contributed by atoms with van der Waals surface area (Å²) in [4.78, 5) is 15.3. The molecule has 0 amide bonds. The summed E-state index contributed by atoms with van der Waals surface area (Å²) < 4.78 is 6.30. The van der Waals surface area contributed by atoms with Gasteiger partial charge in [-0.2, -0.15) is 14.6 Å². The highest BCUT2D eigenvalue weighted by molar-refractivity contribution is 5.89. The fraction of sp³-hybridized carbons (Fsp3) is 0.417. The minimum Gasteiger partial charge on any atom is -0.493 e. The molecular formula is C12H13N3O5. The van der Waals surface area contributed by atoms with Crippen LogP contribution in [0.3, 0.4) is 0 Å². The summed E-state index contributed by atoms with van der Waals surface area (Å²) in [6, 6.07) is 1.01. The fourth-order valence-electron chi connectivity index (χ4n) is 2.53. The zero-order chi connectivity index (χ0) is 14.3. The number of hydrogen-bond donors (Lipinski definition) is 3. The molecule has 0 radical (unpaired) electrons. The van der Waals surface area contributed by atoms with Crippen molar-refractivity contribution in [1.82, 2.24) is 14.6 Å². The molecule has 8 nitrogen and oxygen atoms in total. The Morgan fingerprint density at radius 1 is 1.35 bits per heavy atom. The SMILES string of the molecule is O=C(O)c1nn2c(O)cc(O)nc2c1C1CCOCC1. The average Bonchev–Trinajstić information content (AvgIpc) is 2.79. The summed E-state index contributed by atoms with van der Waals surface area (Å²) in [7, 11) is 0. The van der Waals surface area contributed by atoms with Crippen LogP contribution in [0.25, 0.3) is 5.65 Å². The molecule has 106 valence electrons. The van der Waals surface area contributed by atoms with Gasteiger partial charge in [-0.25, -0.2) is 4.79 Å². The molecule has 0 saturated carbocycles. The van der Waals surface area contributed by atoms with Crippen LogP contribution >= 0.6 is 0 Å². The number of ether oxygens (including phenoxy) is 1. The average molecular weight is 279 g/mol. The van der Waals surface area contributed by atoms with Crippen LogP contribution in [-0.4, -0.2) is 49.1 Å². The summed E-state index contributed by atoms with van der Waals surface area (Å²) >= 11 is 0. The molecule has 1 aliphatic heterocycles. The van der Waals surface area contributed by atoms with Crippen molar-refractivity contribution in [2.75, 3.05) is 13.2 Å². The van der Waals surface area contributed by atoms with Gasteiger partial charge in [-0.1, -0.05) is 0 Å². The summed E-state index contributed by atoms with van der Waals surface area (Å²) in [6.45, 7) is 1.07. The maximum absolute atomic E-state index is 11.4. The van der Waals surface area contributed by atoms with E-state index in [9.17, 15) is 20.1 Å². The van der Waals surface area contributed by atoms with Crippen molar-refractivity contribution in [2.45, 2.75) is 18.8 Å². The highest BCUT2D eigenvalue weighted by Crippen LogP contribution is 2.34. The van der Waals surface area contributed by atoms with E-state index in [1.807, 2.05) is 0 Å². The molecule has 1 fully saturated rings. The van der Waals surface area contributed by atoms with Gasteiger partial charge in [-0.15, -0.1) is 0 Å². The Kier molecular flexibility index (Phi) is 2.94. The molecule has 0 unspecified atom stereocenters. The van der Waals surface area contributed by atoms with Crippen molar-refractivity contribution in [1.29, 1.82) is 0 Å². The molecule has 2 aromatic rings. The first-order valence-corrected chi connectivity index (χ1v) is 6.20. The van der Waals surface area contributed by atoms with Gasteiger partial charge in [0.25, 0.3) is 0 Å². The zero-order valence-electron chi connectivity index (χ0n) is 10.5. The molecule has 1 saturated heterocycles. The first-order chi connectivity index (χ1) is 9.58. The summed E-state index contributed by atoms with van der Waals surface area (Å²) in [5.74, 6) is -1.98. The van der Waals surface area contributed by atoms with Crippen LogP contribution in [0.5, 0.6) is 11.8 Å². The largest absolute Gasteiger partial charge is 0.493 e. The third-order valence-corrected chi connectivity index (χ3v) is 3.42. The van der Waals surface area contributed by atoms with E-state index in [0.717, 1.165) is 10.6 Å². The number of aromatic hydroxyl groups is 2. The van der Waals surface area contributed by atoms with Gasteiger partial charge in [0.15, 0.2) is 11.3 Å². The van der Waals surface area contributed by atoms with Crippen LogP contribution in [0, 0.1) is 0 Å². The number of fused-ring (bicyclic) bond motifs is 1. The second-order valence-electron chi connectivity index (χ2n) is 4.66.